The molecule has 0 saturated heterocycles. The highest BCUT2D eigenvalue weighted by atomic mass is 79.9. The molecule has 0 bridgehead atoms. The first-order valence-corrected chi connectivity index (χ1v) is 5.32. The predicted octanol–water partition coefficient (Wildman–Crippen LogP) is 3.07. The van der Waals surface area contributed by atoms with Gasteiger partial charge in [0.1, 0.15) is 0 Å². The van der Waals surface area contributed by atoms with Crippen LogP contribution in [-0.2, 0) is 6.42 Å². The van der Waals surface area contributed by atoms with Crippen LogP contribution in [0.2, 0.25) is 0 Å². The summed E-state index contributed by atoms with van der Waals surface area (Å²) < 4.78 is 1.15. The fourth-order valence-electron chi connectivity index (χ4n) is 1.24. The van der Waals surface area contributed by atoms with E-state index in [1.54, 1.807) is 0 Å². The van der Waals surface area contributed by atoms with Crippen molar-refractivity contribution < 1.29 is 5.11 Å². The fourth-order valence-corrected chi connectivity index (χ4v) is 1.48. The van der Waals surface area contributed by atoms with Gasteiger partial charge < -0.3 is 5.11 Å². The van der Waals surface area contributed by atoms with E-state index in [4.69, 9.17) is 5.11 Å². The number of aryl methyl sites for hydroxylation is 2. The molecule has 13 heavy (non-hydrogen) atoms. The molecule has 2 heteroatoms. The van der Waals surface area contributed by atoms with Crippen LogP contribution in [0.3, 0.4) is 0 Å². The number of aliphatic hydroxyl groups is 1. The van der Waals surface area contributed by atoms with E-state index < -0.39 is 0 Å². The minimum Gasteiger partial charge on any atom is -0.393 e. The lowest BCUT2D eigenvalue weighted by molar-refractivity contribution is 0.185. The summed E-state index contributed by atoms with van der Waals surface area (Å²) in [5.41, 5.74) is 2.55. The standard InChI is InChI=1S/C11H15BrO/c1-8-7-10(4-3-9(2)13)5-6-11(8)12/h5-7,9,13H,3-4H2,1-2H3/t9-/m0/s1. The maximum atomic E-state index is 9.13. The molecule has 0 spiro atoms. The Balaban J connectivity index is 2.63. The van der Waals surface area contributed by atoms with Crippen LogP contribution in [0.15, 0.2) is 22.7 Å². The van der Waals surface area contributed by atoms with E-state index in [1.165, 1.54) is 11.1 Å². The molecule has 1 N–H and O–H groups in total. The number of benzene rings is 1. The molecule has 1 nitrogen and oxygen atoms in total. The van der Waals surface area contributed by atoms with Gasteiger partial charge in [0, 0.05) is 4.47 Å². The summed E-state index contributed by atoms with van der Waals surface area (Å²) in [5.74, 6) is 0. The zero-order valence-electron chi connectivity index (χ0n) is 8.05. The molecule has 1 atom stereocenters. The number of hydrogen-bond donors (Lipinski definition) is 1. The maximum Gasteiger partial charge on any atom is 0.0515 e. The Bertz CT molecular complexity index is 281. The average molecular weight is 243 g/mol. The molecule has 1 aromatic rings. The second kappa shape index (κ2) is 4.77. The van der Waals surface area contributed by atoms with Crippen LogP contribution in [0.5, 0.6) is 0 Å². The van der Waals surface area contributed by atoms with E-state index in [0.717, 1.165) is 17.3 Å². The van der Waals surface area contributed by atoms with Crippen LogP contribution in [0.25, 0.3) is 0 Å². The summed E-state index contributed by atoms with van der Waals surface area (Å²) in [6.45, 7) is 3.90. The van der Waals surface area contributed by atoms with Crippen molar-refractivity contribution in [3.05, 3.63) is 33.8 Å². The molecule has 0 heterocycles. The molecular weight excluding hydrogens is 228 g/mol. The van der Waals surface area contributed by atoms with Crippen molar-refractivity contribution >= 4 is 15.9 Å². The minimum absolute atomic E-state index is 0.205. The molecular formula is C11H15BrO. The third-order valence-corrected chi connectivity index (χ3v) is 2.96. The Labute approximate surface area is 87.9 Å². The van der Waals surface area contributed by atoms with Crippen LogP contribution in [-0.4, -0.2) is 11.2 Å². The van der Waals surface area contributed by atoms with Crippen LogP contribution in [0.4, 0.5) is 0 Å². The van der Waals surface area contributed by atoms with Gasteiger partial charge in [-0.3, -0.25) is 0 Å². The summed E-state index contributed by atoms with van der Waals surface area (Å²) >= 11 is 3.46. The summed E-state index contributed by atoms with van der Waals surface area (Å²) in [6, 6.07) is 6.32. The monoisotopic (exact) mass is 242 g/mol. The molecule has 1 aromatic carbocycles. The molecule has 0 radical (unpaired) electrons. The summed E-state index contributed by atoms with van der Waals surface area (Å²) in [5, 5.41) is 9.13. The zero-order chi connectivity index (χ0) is 9.84. The Morgan fingerprint density at radius 2 is 2.15 bits per heavy atom. The Kier molecular flexibility index (Phi) is 3.94. The Morgan fingerprint density at radius 1 is 1.46 bits per heavy atom. The average Bonchev–Trinajstić information content (AvgIpc) is 2.07. The molecule has 0 aliphatic rings. The number of aliphatic hydroxyl groups excluding tert-OH is 1. The highest BCUT2D eigenvalue weighted by Gasteiger charge is 1.99. The maximum absolute atomic E-state index is 9.13. The molecule has 1 rings (SSSR count). The lowest BCUT2D eigenvalue weighted by Gasteiger charge is -2.05. The SMILES string of the molecule is Cc1cc(CC[C@H](C)O)ccc1Br. The lowest BCUT2D eigenvalue weighted by atomic mass is 10.1. The van der Waals surface area contributed by atoms with E-state index in [9.17, 15) is 0 Å². The van der Waals surface area contributed by atoms with E-state index in [-0.39, 0.29) is 6.10 Å². The van der Waals surface area contributed by atoms with Gasteiger partial charge in [-0.15, -0.1) is 0 Å². The molecule has 0 aliphatic heterocycles. The first kappa shape index (κ1) is 10.7. The fraction of sp³-hybridized carbons (Fsp3) is 0.455. The largest absolute Gasteiger partial charge is 0.393 e. The van der Waals surface area contributed by atoms with Gasteiger partial charge in [0.05, 0.1) is 6.10 Å². The van der Waals surface area contributed by atoms with E-state index in [0.29, 0.717) is 0 Å². The normalized spacial score (nSPS) is 12.9. The highest BCUT2D eigenvalue weighted by molar-refractivity contribution is 9.10. The Morgan fingerprint density at radius 3 is 2.69 bits per heavy atom. The second-order valence-corrected chi connectivity index (χ2v) is 4.33. The van der Waals surface area contributed by atoms with Crippen molar-refractivity contribution in [2.24, 2.45) is 0 Å². The van der Waals surface area contributed by atoms with Crippen molar-refractivity contribution in [2.45, 2.75) is 32.8 Å². The summed E-state index contributed by atoms with van der Waals surface area (Å²) in [7, 11) is 0. The van der Waals surface area contributed by atoms with Gasteiger partial charge in [0.15, 0.2) is 0 Å². The van der Waals surface area contributed by atoms with E-state index in [1.807, 2.05) is 6.92 Å². The number of halogens is 1. The Hall–Kier alpha value is -0.340. The van der Waals surface area contributed by atoms with Gasteiger partial charge in [-0.2, -0.15) is 0 Å². The van der Waals surface area contributed by atoms with Crippen LogP contribution in [0, 0.1) is 6.92 Å². The third-order valence-electron chi connectivity index (χ3n) is 2.07. The quantitative estimate of drug-likeness (QED) is 0.864. The molecule has 0 saturated carbocycles. The van der Waals surface area contributed by atoms with Crippen molar-refractivity contribution in [2.75, 3.05) is 0 Å². The first-order chi connectivity index (χ1) is 6.09. The highest BCUT2D eigenvalue weighted by Crippen LogP contribution is 2.18. The zero-order valence-corrected chi connectivity index (χ0v) is 9.63. The summed E-state index contributed by atoms with van der Waals surface area (Å²) in [4.78, 5) is 0. The first-order valence-electron chi connectivity index (χ1n) is 4.52. The molecule has 0 aromatic heterocycles. The van der Waals surface area contributed by atoms with E-state index >= 15 is 0 Å². The van der Waals surface area contributed by atoms with Crippen molar-refractivity contribution in [1.82, 2.24) is 0 Å². The smallest absolute Gasteiger partial charge is 0.0515 e. The van der Waals surface area contributed by atoms with Gasteiger partial charge in [0.25, 0.3) is 0 Å². The van der Waals surface area contributed by atoms with Gasteiger partial charge in [-0.1, -0.05) is 28.1 Å². The van der Waals surface area contributed by atoms with Crippen LogP contribution in [0.1, 0.15) is 24.5 Å². The molecule has 72 valence electrons. The second-order valence-electron chi connectivity index (χ2n) is 3.47. The topological polar surface area (TPSA) is 20.2 Å². The van der Waals surface area contributed by atoms with Gasteiger partial charge in [-0.05, 0) is 43.9 Å². The number of rotatable bonds is 3. The van der Waals surface area contributed by atoms with Crippen molar-refractivity contribution in [1.29, 1.82) is 0 Å². The van der Waals surface area contributed by atoms with Crippen LogP contribution < -0.4 is 0 Å². The molecule has 0 fully saturated rings. The van der Waals surface area contributed by atoms with Crippen molar-refractivity contribution in [3.63, 3.8) is 0 Å². The van der Waals surface area contributed by atoms with Gasteiger partial charge >= 0.3 is 0 Å². The van der Waals surface area contributed by atoms with Gasteiger partial charge in [-0.25, -0.2) is 0 Å². The lowest BCUT2D eigenvalue weighted by Crippen LogP contribution is -2.01. The molecule has 0 aliphatic carbocycles. The van der Waals surface area contributed by atoms with Gasteiger partial charge in [0.2, 0.25) is 0 Å². The molecule has 0 amide bonds. The summed E-state index contributed by atoms with van der Waals surface area (Å²) in [6.07, 6.45) is 1.58. The third kappa shape index (κ3) is 3.49. The number of hydrogen-bond acceptors (Lipinski definition) is 1. The predicted molar refractivity (Wildman–Crippen MR) is 58.9 cm³/mol. The van der Waals surface area contributed by atoms with Crippen LogP contribution >= 0.6 is 15.9 Å². The molecule has 0 unspecified atom stereocenters. The van der Waals surface area contributed by atoms with E-state index in [2.05, 4.69) is 41.1 Å². The van der Waals surface area contributed by atoms with Crippen molar-refractivity contribution in [3.8, 4) is 0 Å². The minimum atomic E-state index is -0.205.